The second-order valence-electron chi connectivity index (χ2n) is 7.76. The molecular weight excluding hydrogens is 450 g/mol. The van der Waals surface area contributed by atoms with Crippen LogP contribution in [0, 0.1) is 0 Å². The van der Waals surface area contributed by atoms with Gasteiger partial charge in [0.25, 0.3) is 5.91 Å². The summed E-state index contributed by atoms with van der Waals surface area (Å²) < 4.78 is 28.3. The molecule has 1 heterocycles. The predicted molar refractivity (Wildman–Crippen MR) is 124 cm³/mol. The summed E-state index contributed by atoms with van der Waals surface area (Å²) in [7, 11) is -3.97. The summed E-state index contributed by atoms with van der Waals surface area (Å²) in [5.41, 5.74) is 1.19. The van der Waals surface area contributed by atoms with Gasteiger partial charge in [-0.05, 0) is 67.6 Å². The van der Waals surface area contributed by atoms with Gasteiger partial charge in [-0.3, -0.25) is 9.59 Å². The highest BCUT2D eigenvalue weighted by Crippen LogP contribution is 2.26. The fourth-order valence-corrected chi connectivity index (χ4v) is 5.32. The number of nitrogens with one attached hydrogen (secondary N) is 2. The van der Waals surface area contributed by atoms with Gasteiger partial charge in [0, 0.05) is 30.2 Å². The summed E-state index contributed by atoms with van der Waals surface area (Å²) in [5.74, 6) is -0.470. The molecule has 1 fully saturated rings. The van der Waals surface area contributed by atoms with Gasteiger partial charge in [-0.25, -0.2) is 8.42 Å². The summed E-state index contributed by atoms with van der Waals surface area (Å²) in [4.78, 5) is 25.0. The lowest BCUT2D eigenvalue weighted by molar-refractivity contribution is -0.124. The maximum atomic E-state index is 13.5. The second kappa shape index (κ2) is 10.9. The molecule has 0 bridgehead atoms. The molecule has 32 heavy (non-hydrogen) atoms. The zero-order valence-electron chi connectivity index (χ0n) is 18.0. The average molecular weight is 478 g/mol. The molecule has 2 amide bonds. The Kier molecular flexibility index (Phi) is 8.28. The molecule has 1 aliphatic heterocycles. The molecule has 1 atom stereocenters. The van der Waals surface area contributed by atoms with E-state index in [1.165, 1.54) is 28.6 Å². The van der Waals surface area contributed by atoms with Crippen LogP contribution in [-0.2, 0) is 21.4 Å². The number of carbonyl (C=O) groups is 2. The van der Waals surface area contributed by atoms with Crippen LogP contribution in [0.1, 0.15) is 48.5 Å². The number of sulfonamides is 1. The number of hydrogen-bond donors (Lipinski definition) is 2. The van der Waals surface area contributed by atoms with E-state index in [1.807, 2.05) is 6.92 Å². The average Bonchev–Trinajstić information content (AvgIpc) is 3.00. The molecule has 0 unspecified atom stereocenters. The van der Waals surface area contributed by atoms with E-state index in [9.17, 15) is 18.0 Å². The normalized spacial score (nSPS) is 17.0. The van der Waals surface area contributed by atoms with Crippen molar-refractivity contribution in [3.05, 3.63) is 64.7 Å². The van der Waals surface area contributed by atoms with Gasteiger partial charge in [0.05, 0.1) is 4.90 Å². The summed E-state index contributed by atoms with van der Waals surface area (Å²) >= 11 is 5.93. The number of halogens is 1. The molecule has 0 aromatic heterocycles. The van der Waals surface area contributed by atoms with Gasteiger partial charge in [-0.2, -0.15) is 4.31 Å². The Hall–Kier alpha value is -2.42. The van der Waals surface area contributed by atoms with Crippen molar-refractivity contribution in [3.8, 4) is 0 Å². The van der Waals surface area contributed by atoms with Crippen molar-refractivity contribution >= 4 is 33.4 Å². The zero-order chi connectivity index (χ0) is 23.1. The van der Waals surface area contributed by atoms with Crippen LogP contribution in [0.2, 0.25) is 5.02 Å². The first-order valence-electron chi connectivity index (χ1n) is 10.7. The number of hydrogen-bond acceptors (Lipinski definition) is 4. The highest BCUT2D eigenvalue weighted by molar-refractivity contribution is 7.89. The standard InChI is InChI=1S/C23H28ClN3O4S/c1-2-14-25-22(28)18-8-6-17(7-9-18)16-27(21-5-3-4-15-26-23(21)29)32(30,31)20-12-10-19(24)11-13-20/h6-13,21H,2-5,14-16H2,1H3,(H,25,28)(H,26,29)/t21-/m1/s1. The van der Waals surface area contributed by atoms with E-state index in [0.717, 1.165) is 19.3 Å². The Morgan fingerprint density at radius 1 is 1.12 bits per heavy atom. The van der Waals surface area contributed by atoms with Crippen LogP contribution in [0.3, 0.4) is 0 Å². The Morgan fingerprint density at radius 3 is 2.47 bits per heavy atom. The first kappa shape index (κ1) is 24.2. The lowest BCUT2D eigenvalue weighted by atomic mass is 10.1. The highest BCUT2D eigenvalue weighted by atomic mass is 35.5. The molecule has 7 nitrogen and oxygen atoms in total. The van der Waals surface area contributed by atoms with Crippen LogP contribution in [0.5, 0.6) is 0 Å². The van der Waals surface area contributed by atoms with E-state index in [2.05, 4.69) is 10.6 Å². The second-order valence-corrected chi connectivity index (χ2v) is 10.1. The highest BCUT2D eigenvalue weighted by Gasteiger charge is 2.36. The van der Waals surface area contributed by atoms with Gasteiger partial charge in [0.2, 0.25) is 15.9 Å². The molecule has 1 saturated heterocycles. The van der Waals surface area contributed by atoms with Gasteiger partial charge in [0.1, 0.15) is 6.04 Å². The number of carbonyl (C=O) groups excluding carboxylic acids is 2. The fourth-order valence-electron chi connectivity index (χ4n) is 3.58. The van der Waals surface area contributed by atoms with Crippen LogP contribution in [-0.4, -0.2) is 43.7 Å². The lowest BCUT2D eigenvalue weighted by Gasteiger charge is -2.29. The largest absolute Gasteiger partial charge is 0.355 e. The van der Waals surface area contributed by atoms with Crippen molar-refractivity contribution in [2.45, 2.75) is 50.1 Å². The molecule has 9 heteroatoms. The molecular formula is C23H28ClN3O4S. The van der Waals surface area contributed by atoms with Crippen LogP contribution in [0.4, 0.5) is 0 Å². The van der Waals surface area contributed by atoms with Crippen LogP contribution in [0.25, 0.3) is 0 Å². The van der Waals surface area contributed by atoms with Crippen molar-refractivity contribution in [1.29, 1.82) is 0 Å². The van der Waals surface area contributed by atoms with Crippen molar-refractivity contribution in [1.82, 2.24) is 14.9 Å². The van der Waals surface area contributed by atoms with E-state index in [1.54, 1.807) is 24.3 Å². The maximum absolute atomic E-state index is 13.5. The minimum atomic E-state index is -3.97. The first-order valence-corrected chi connectivity index (χ1v) is 12.6. The number of benzene rings is 2. The minimum Gasteiger partial charge on any atom is -0.355 e. The third kappa shape index (κ3) is 5.88. The molecule has 3 rings (SSSR count). The van der Waals surface area contributed by atoms with Gasteiger partial charge >= 0.3 is 0 Å². The van der Waals surface area contributed by atoms with E-state index in [-0.39, 0.29) is 23.3 Å². The van der Waals surface area contributed by atoms with Crippen molar-refractivity contribution < 1.29 is 18.0 Å². The van der Waals surface area contributed by atoms with E-state index in [0.29, 0.717) is 35.7 Å². The van der Waals surface area contributed by atoms with Crippen molar-refractivity contribution in [2.75, 3.05) is 13.1 Å². The predicted octanol–water partition coefficient (Wildman–Crippen LogP) is 3.34. The van der Waals surface area contributed by atoms with Crippen molar-refractivity contribution in [3.63, 3.8) is 0 Å². The number of rotatable bonds is 8. The van der Waals surface area contributed by atoms with Gasteiger partial charge in [-0.1, -0.05) is 30.7 Å². The Morgan fingerprint density at radius 2 is 1.81 bits per heavy atom. The molecule has 0 saturated carbocycles. The zero-order valence-corrected chi connectivity index (χ0v) is 19.6. The van der Waals surface area contributed by atoms with E-state index >= 15 is 0 Å². The molecule has 1 aliphatic rings. The van der Waals surface area contributed by atoms with Crippen LogP contribution >= 0.6 is 11.6 Å². The van der Waals surface area contributed by atoms with Crippen LogP contribution in [0.15, 0.2) is 53.4 Å². The topological polar surface area (TPSA) is 95.6 Å². The van der Waals surface area contributed by atoms with Crippen molar-refractivity contribution in [2.24, 2.45) is 0 Å². The summed E-state index contributed by atoms with van der Waals surface area (Å²) in [6, 6.07) is 11.9. The van der Waals surface area contributed by atoms with E-state index < -0.39 is 16.1 Å². The molecule has 0 aliphatic carbocycles. The fraction of sp³-hybridized carbons (Fsp3) is 0.391. The maximum Gasteiger partial charge on any atom is 0.251 e. The van der Waals surface area contributed by atoms with E-state index in [4.69, 9.17) is 11.6 Å². The third-order valence-corrected chi connectivity index (χ3v) is 7.49. The SMILES string of the molecule is CCCNC(=O)c1ccc(CN([C@@H]2CCCCNC2=O)S(=O)(=O)c2ccc(Cl)cc2)cc1. The molecule has 172 valence electrons. The first-order chi connectivity index (χ1) is 15.3. The molecule has 2 aromatic carbocycles. The number of nitrogens with zero attached hydrogens (tertiary/aromatic N) is 1. The van der Waals surface area contributed by atoms with Gasteiger partial charge in [-0.15, -0.1) is 0 Å². The van der Waals surface area contributed by atoms with Crippen LogP contribution < -0.4 is 10.6 Å². The summed E-state index contributed by atoms with van der Waals surface area (Å²) in [5, 5.41) is 6.06. The van der Waals surface area contributed by atoms with Gasteiger partial charge in [0.15, 0.2) is 0 Å². The minimum absolute atomic E-state index is 0.0138. The smallest absolute Gasteiger partial charge is 0.251 e. The molecule has 0 radical (unpaired) electrons. The molecule has 2 N–H and O–H groups in total. The quantitative estimate of drug-likeness (QED) is 0.609. The Labute approximate surface area is 194 Å². The lowest BCUT2D eigenvalue weighted by Crippen LogP contribution is -2.48. The summed E-state index contributed by atoms with van der Waals surface area (Å²) in [6.45, 7) is 3.11. The monoisotopic (exact) mass is 477 g/mol. The molecule has 0 spiro atoms. The summed E-state index contributed by atoms with van der Waals surface area (Å²) in [6.07, 6.45) is 2.83. The Bertz CT molecular complexity index is 1040. The van der Waals surface area contributed by atoms with Gasteiger partial charge < -0.3 is 10.6 Å². The third-order valence-electron chi connectivity index (χ3n) is 5.36. The number of amides is 2. The molecule has 2 aromatic rings. The Balaban J connectivity index is 1.91.